The largest absolute Gasteiger partial charge is 0.337 e. The molecule has 1 amide bonds. The maximum atomic E-state index is 12.4. The van der Waals surface area contributed by atoms with Crippen LogP contribution in [0.25, 0.3) is 0 Å². The first kappa shape index (κ1) is 14.8. The smallest absolute Gasteiger partial charge is 0.222 e. The molecule has 0 aliphatic carbocycles. The first-order valence-corrected chi connectivity index (χ1v) is 7.80. The lowest BCUT2D eigenvalue weighted by Gasteiger charge is -2.37. The van der Waals surface area contributed by atoms with E-state index in [2.05, 4.69) is 4.90 Å². The van der Waals surface area contributed by atoms with Gasteiger partial charge in [-0.1, -0.05) is 23.2 Å². The minimum absolute atomic E-state index is 0.0275. The third kappa shape index (κ3) is 3.07. The van der Waals surface area contributed by atoms with Crippen molar-refractivity contribution in [1.82, 2.24) is 9.80 Å². The second-order valence-corrected chi connectivity index (χ2v) is 6.41. The summed E-state index contributed by atoms with van der Waals surface area (Å²) in [6.07, 6.45) is 1.52. The molecule has 1 aromatic rings. The van der Waals surface area contributed by atoms with Crippen LogP contribution in [-0.2, 0) is 4.79 Å². The van der Waals surface area contributed by atoms with Crippen LogP contribution in [0.3, 0.4) is 0 Å². The zero-order valence-electron chi connectivity index (χ0n) is 11.5. The molecule has 0 spiro atoms. The van der Waals surface area contributed by atoms with Crippen molar-refractivity contribution in [1.29, 1.82) is 0 Å². The summed E-state index contributed by atoms with van der Waals surface area (Å²) in [5.41, 5.74) is 0.467. The van der Waals surface area contributed by atoms with Gasteiger partial charge in [0.1, 0.15) is 0 Å². The number of rotatable bonds is 3. The van der Waals surface area contributed by atoms with Crippen LogP contribution >= 0.6 is 23.2 Å². The first-order chi connectivity index (χ1) is 10.0. The van der Waals surface area contributed by atoms with Crippen molar-refractivity contribution >= 4 is 34.9 Å². The molecular formula is C15H16Cl2N2O2. The van der Waals surface area contributed by atoms with E-state index >= 15 is 0 Å². The molecule has 0 N–H and O–H groups in total. The lowest BCUT2D eigenvalue weighted by molar-refractivity contribution is -0.130. The normalized spacial score (nSPS) is 22.5. The number of amides is 1. The maximum absolute atomic E-state index is 12.4. The molecule has 2 aliphatic heterocycles. The van der Waals surface area contributed by atoms with E-state index in [-0.39, 0.29) is 17.7 Å². The van der Waals surface area contributed by atoms with E-state index in [1.807, 2.05) is 4.90 Å². The summed E-state index contributed by atoms with van der Waals surface area (Å²) < 4.78 is 0. The minimum Gasteiger partial charge on any atom is -0.337 e. The van der Waals surface area contributed by atoms with Gasteiger partial charge in [0.05, 0.1) is 11.6 Å². The van der Waals surface area contributed by atoms with Crippen LogP contribution in [0.5, 0.6) is 0 Å². The lowest BCUT2D eigenvalue weighted by Crippen LogP contribution is -2.52. The number of carbonyl (C=O) groups excluding carboxylic acids is 2. The molecule has 2 aliphatic rings. The Kier molecular flexibility index (Phi) is 4.20. The fraction of sp³-hybridized carbons (Fsp3) is 0.467. The highest BCUT2D eigenvalue weighted by Crippen LogP contribution is 2.24. The molecule has 1 aromatic carbocycles. The Morgan fingerprint density at radius 2 is 2.10 bits per heavy atom. The third-order valence-corrected chi connectivity index (χ3v) is 4.74. The summed E-state index contributed by atoms with van der Waals surface area (Å²) in [4.78, 5) is 28.1. The molecule has 3 rings (SSSR count). The summed E-state index contributed by atoms with van der Waals surface area (Å²) in [6.45, 7) is 2.51. The number of halogens is 2. The quantitative estimate of drug-likeness (QED) is 0.801. The van der Waals surface area contributed by atoms with E-state index in [1.165, 1.54) is 0 Å². The van der Waals surface area contributed by atoms with Crippen molar-refractivity contribution in [3.05, 3.63) is 33.8 Å². The number of nitrogens with zero attached hydrogens (tertiary/aromatic N) is 2. The van der Waals surface area contributed by atoms with Crippen LogP contribution in [0.4, 0.5) is 0 Å². The van der Waals surface area contributed by atoms with Crippen molar-refractivity contribution in [2.24, 2.45) is 0 Å². The molecule has 2 fully saturated rings. The van der Waals surface area contributed by atoms with Crippen LogP contribution in [0.2, 0.25) is 10.0 Å². The number of Topliss-reactive ketones (excluding diaryl/α,β-unsaturated/α-hetero) is 1. The molecule has 4 nitrogen and oxygen atoms in total. The molecule has 112 valence electrons. The predicted molar refractivity (Wildman–Crippen MR) is 82.0 cm³/mol. The lowest BCUT2D eigenvalue weighted by atomic mass is 10.1. The summed E-state index contributed by atoms with van der Waals surface area (Å²) in [5, 5.41) is 0.938. The molecule has 2 heterocycles. The summed E-state index contributed by atoms with van der Waals surface area (Å²) in [6, 6.07) is 5.18. The van der Waals surface area contributed by atoms with Crippen LogP contribution < -0.4 is 0 Å². The Hall–Kier alpha value is -1.10. The number of hydrogen-bond acceptors (Lipinski definition) is 3. The standard InChI is InChI=1S/C15H16Cl2N2O2/c16-10-1-3-13(17)12(7-10)14(20)9-18-5-6-19-11(8-18)2-4-15(19)21/h1,3,7,11H,2,4-6,8-9H2. The van der Waals surface area contributed by atoms with Gasteiger partial charge in [-0.25, -0.2) is 0 Å². The Balaban J connectivity index is 1.66. The SMILES string of the molecule is O=C(CN1CCN2C(=O)CCC2C1)c1cc(Cl)ccc1Cl. The molecule has 0 radical (unpaired) electrons. The molecule has 0 bridgehead atoms. The average Bonchev–Trinajstić information content (AvgIpc) is 2.82. The van der Waals surface area contributed by atoms with Gasteiger partial charge in [-0.2, -0.15) is 0 Å². The molecular weight excluding hydrogens is 311 g/mol. The summed E-state index contributed by atoms with van der Waals surface area (Å²) in [5.74, 6) is 0.212. The Morgan fingerprint density at radius 3 is 2.90 bits per heavy atom. The van der Waals surface area contributed by atoms with Crippen LogP contribution in [0.1, 0.15) is 23.2 Å². The first-order valence-electron chi connectivity index (χ1n) is 7.04. The Labute approximate surface area is 133 Å². The molecule has 1 atom stereocenters. The Bertz CT molecular complexity index is 591. The summed E-state index contributed by atoms with van der Waals surface area (Å²) >= 11 is 12.0. The van der Waals surface area contributed by atoms with Gasteiger partial charge in [0.15, 0.2) is 5.78 Å². The molecule has 1 unspecified atom stereocenters. The van der Waals surface area contributed by atoms with Gasteiger partial charge >= 0.3 is 0 Å². The van der Waals surface area contributed by atoms with Crippen LogP contribution in [0, 0.1) is 0 Å². The van der Waals surface area contributed by atoms with Gasteiger partial charge in [-0.3, -0.25) is 14.5 Å². The van der Waals surface area contributed by atoms with Crippen molar-refractivity contribution < 1.29 is 9.59 Å². The van der Waals surface area contributed by atoms with Crippen LogP contribution in [-0.4, -0.2) is 53.7 Å². The molecule has 2 saturated heterocycles. The van der Waals surface area contributed by atoms with Crippen LogP contribution in [0.15, 0.2) is 18.2 Å². The van der Waals surface area contributed by atoms with Crippen molar-refractivity contribution in [2.45, 2.75) is 18.9 Å². The zero-order valence-corrected chi connectivity index (χ0v) is 13.0. The number of fused-ring (bicyclic) bond motifs is 1. The Morgan fingerprint density at radius 1 is 1.29 bits per heavy atom. The van der Waals surface area contributed by atoms with E-state index in [4.69, 9.17) is 23.2 Å². The number of hydrogen-bond donors (Lipinski definition) is 0. The van der Waals surface area contributed by atoms with Gasteiger partial charge in [0.25, 0.3) is 0 Å². The second-order valence-electron chi connectivity index (χ2n) is 5.56. The van der Waals surface area contributed by atoms with E-state index in [0.29, 0.717) is 35.1 Å². The number of piperazine rings is 1. The van der Waals surface area contributed by atoms with E-state index < -0.39 is 0 Å². The maximum Gasteiger partial charge on any atom is 0.222 e. The van der Waals surface area contributed by atoms with E-state index in [9.17, 15) is 9.59 Å². The number of ketones is 1. The fourth-order valence-corrected chi connectivity index (χ4v) is 3.47. The number of carbonyl (C=O) groups is 2. The highest BCUT2D eigenvalue weighted by atomic mass is 35.5. The second kappa shape index (κ2) is 5.95. The highest BCUT2D eigenvalue weighted by molar-refractivity contribution is 6.36. The van der Waals surface area contributed by atoms with Crippen molar-refractivity contribution in [3.63, 3.8) is 0 Å². The van der Waals surface area contributed by atoms with E-state index in [0.717, 1.165) is 19.5 Å². The van der Waals surface area contributed by atoms with Gasteiger partial charge in [-0.05, 0) is 24.6 Å². The van der Waals surface area contributed by atoms with Gasteiger partial charge in [0, 0.05) is 42.7 Å². The molecule has 21 heavy (non-hydrogen) atoms. The minimum atomic E-state index is -0.0275. The third-order valence-electron chi connectivity index (χ3n) is 4.17. The van der Waals surface area contributed by atoms with Gasteiger partial charge < -0.3 is 4.90 Å². The summed E-state index contributed by atoms with van der Waals surface area (Å²) in [7, 11) is 0. The van der Waals surface area contributed by atoms with Gasteiger partial charge in [0.2, 0.25) is 5.91 Å². The monoisotopic (exact) mass is 326 g/mol. The van der Waals surface area contributed by atoms with E-state index in [1.54, 1.807) is 18.2 Å². The molecule has 0 saturated carbocycles. The van der Waals surface area contributed by atoms with Gasteiger partial charge in [-0.15, -0.1) is 0 Å². The fourth-order valence-electron chi connectivity index (χ4n) is 3.07. The zero-order chi connectivity index (χ0) is 15.0. The van der Waals surface area contributed by atoms with Crippen molar-refractivity contribution in [3.8, 4) is 0 Å². The molecule has 6 heteroatoms. The average molecular weight is 327 g/mol. The predicted octanol–water partition coefficient (Wildman–Crippen LogP) is 2.48. The van der Waals surface area contributed by atoms with Crippen molar-refractivity contribution in [2.75, 3.05) is 26.2 Å². The number of benzene rings is 1. The molecule has 0 aromatic heterocycles. The topological polar surface area (TPSA) is 40.6 Å². The highest BCUT2D eigenvalue weighted by Gasteiger charge is 2.35.